The fraction of sp³-hybridized carbons (Fsp3) is 0.179. The van der Waals surface area contributed by atoms with Gasteiger partial charge in [-0.2, -0.15) is 0 Å². The van der Waals surface area contributed by atoms with Gasteiger partial charge in [-0.3, -0.25) is 19.7 Å². The molecule has 1 aliphatic heterocycles. The molecule has 39 heavy (non-hydrogen) atoms. The van der Waals surface area contributed by atoms with Gasteiger partial charge in [0.1, 0.15) is 0 Å². The lowest BCUT2D eigenvalue weighted by Crippen LogP contribution is -2.26. The number of carbonyl (C=O) groups is 2. The fourth-order valence-corrected chi connectivity index (χ4v) is 4.44. The first-order valence-electron chi connectivity index (χ1n) is 12.3. The van der Waals surface area contributed by atoms with E-state index in [-0.39, 0.29) is 29.7 Å². The van der Waals surface area contributed by atoms with Crippen molar-refractivity contribution < 1.29 is 19.2 Å². The van der Waals surface area contributed by atoms with Crippen LogP contribution in [0.4, 0.5) is 22.7 Å². The maximum atomic E-state index is 13.0. The average Bonchev–Trinajstić information content (AvgIpc) is 3.41. The fourth-order valence-electron chi connectivity index (χ4n) is 4.44. The number of hydrogen-bond acceptors (Lipinski definition) is 7. The Balaban J connectivity index is 1.29. The summed E-state index contributed by atoms with van der Waals surface area (Å²) in [6.07, 6.45) is 6.32. The van der Waals surface area contributed by atoms with Crippen molar-refractivity contribution in [1.29, 1.82) is 0 Å². The quantitative estimate of drug-likeness (QED) is 0.165. The number of nitrogens with zero attached hydrogens (tertiary/aromatic N) is 3. The maximum absolute atomic E-state index is 13.0. The maximum Gasteiger partial charge on any atom is 0.310 e. The molecule has 198 valence electrons. The van der Waals surface area contributed by atoms with Crippen LogP contribution in [-0.2, 0) is 17.8 Å². The Morgan fingerprint density at radius 2 is 1.87 bits per heavy atom. The highest BCUT2D eigenvalue weighted by atomic mass is 16.6. The van der Waals surface area contributed by atoms with E-state index in [0.29, 0.717) is 34.7 Å². The van der Waals surface area contributed by atoms with Crippen LogP contribution < -0.4 is 20.7 Å². The summed E-state index contributed by atoms with van der Waals surface area (Å²) in [5.41, 5.74) is 4.40. The van der Waals surface area contributed by atoms with Crippen LogP contribution in [0.15, 0.2) is 73.3 Å². The highest BCUT2D eigenvalue weighted by Gasteiger charge is 2.21. The van der Waals surface area contributed by atoms with Crippen LogP contribution >= 0.6 is 0 Å². The minimum atomic E-state index is -0.497. The first kappa shape index (κ1) is 25.5. The molecule has 0 bridgehead atoms. The third-order valence-corrected chi connectivity index (χ3v) is 6.41. The molecule has 0 saturated heterocycles. The molecular formula is C28H26N6O5. The molecule has 1 aliphatic rings. The standard InChI is InChI=1S/C28H26N6O5/c1-39-26-16-20(5-8-25(26)34(37)38)19-4-6-21-23(15-19)31-22-7-3-18(13-24(22)32-28(21)36)14-27(35)30-9-2-11-33-12-10-29-17-33/h3-8,10,12-13,15-17,31H,2,9,11,14H2,1H3,(H,30,35)(H,32,36). The van der Waals surface area contributed by atoms with Gasteiger partial charge in [0.15, 0.2) is 5.75 Å². The number of benzene rings is 3. The molecule has 0 radical (unpaired) electrons. The molecule has 0 atom stereocenters. The molecule has 2 amide bonds. The second-order valence-corrected chi connectivity index (χ2v) is 9.04. The molecule has 5 rings (SSSR count). The minimum absolute atomic E-state index is 0.0973. The third-order valence-electron chi connectivity index (χ3n) is 6.41. The zero-order chi connectivity index (χ0) is 27.4. The number of nitro groups is 1. The van der Waals surface area contributed by atoms with Crippen LogP contribution in [0.5, 0.6) is 5.75 Å². The van der Waals surface area contributed by atoms with Gasteiger partial charge in [-0.25, -0.2) is 4.98 Å². The Morgan fingerprint density at radius 3 is 2.64 bits per heavy atom. The van der Waals surface area contributed by atoms with E-state index in [2.05, 4.69) is 20.9 Å². The summed E-state index contributed by atoms with van der Waals surface area (Å²) in [6, 6.07) is 15.4. The molecule has 0 unspecified atom stereocenters. The molecule has 0 fully saturated rings. The number of anilines is 3. The molecule has 0 saturated carbocycles. The van der Waals surface area contributed by atoms with Crippen molar-refractivity contribution in [1.82, 2.24) is 14.9 Å². The summed E-state index contributed by atoms with van der Waals surface area (Å²) in [7, 11) is 1.38. The largest absolute Gasteiger partial charge is 0.490 e. The highest BCUT2D eigenvalue weighted by Crippen LogP contribution is 2.37. The molecule has 4 aromatic rings. The van der Waals surface area contributed by atoms with Gasteiger partial charge < -0.3 is 25.3 Å². The molecule has 0 aliphatic carbocycles. The molecular weight excluding hydrogens is 500 g/mol. The van der Waals surface area contributed by atoms with Crippen molar-refractivity contribution in [2.45, 2.75) is 19.4 Å². The van der Waals surface area contributed by atoms with Gasteiger partial charge in [-0.1, -0.05) is 12.1 Å². The molecule has 2 heterocycles. The van der Waals surface area contributed by atoms with Gasteiger partial charge in [0.05, 0.1) is 47.4 Å². The lowest BCUT2D eigenvalue weighted by molar-refractivity contribution is -0.385. The SMILES string of the molecule is COc1cc(-c2ccc3c(c2)Nc2ccc(CC(=O)NCCCn4ccnc4)cc2NC3=O)ccc1[N+](=O)[O-]. The summed E-state index contributed by atoms with van der Waals surface area (Å²) in [5.74, 6) is -0.233. The van der Waals surface area contributed by atoms with Crippen LogP contribution in [0, 0.1) is 10.1 Å². The number of hydrogen-bond donors (Lipinski definition) is 3. The van der Waals surface area contributed by atoms with E-state index in [1.807, 2.05) is 29.0 Å². The summed E-state index contributed by atoms with van der Waals surface area (Å²) in [4.78, 5) is 40.2. The van der Waals surface area contributed by atoms with Gasteiger partial charge >= 0.3 is 5.69 Å². The topological polar surface area (TPSA) is 140 Å². The number of nitro benzene ring substituents is 1. The first-order chi connectivity index (χ1) is 18.9. The second kappa shape index (κ2) is 11.1. The van der Waals surface area contributed by atoms with Crippen molar-refractivity contribution in [2.75, 3.05) is 24.3 Å². The van der Waals surface area contributed by atoms with E-state index in [9.17, 15) is 19.7 Å². The lowest BCUT2D eigenvalue weighted by Gasteiger charge is -2.12. The molecule has 3 N–H and O–H groups in total. The number of rotatable bonds is 9. The number of amides is 2. The van der Waals surface area contributed by atoms with Gasteiger partial charge in [0.2, 0.25) is 5.91 Å². The van der Waals surface area contributed by atoms with E-state index in [0.717, 1.165) is 24.1 Å². The highest BCUT2D eigenvalue weighted by molar-refractivity contribution is 6.12. The van der Waals surface area contributed by atoms with Crippen molar-refractivity contribution in [2.24, 2.45) is 0 Å². The Morgan fingerprint density at radius 1 is 1.05 bits per heavy atom. The minimum Gasteiger partial charge on any atom is -0.490 e. The van der Waals surface area contributed by atoms with Crippen LogP contribution in [0.25, 0.3) is 11.1 Å². The number of fused-ring (bicyclic) bond motifs is 2. The molecule has 11 heteroatoms. The van der Waals surface area contributed by atoms with E-state index in [1.165, 1.54) is 13.2 Å². The number of aromatic nitrogens is 2. The third kappa shape index (κ3) is 5.72. The smallest absolute Gasteiger partial charge is 0.310 e. The number of methoxy groups -OCH3 is 1. The number of aryl methyl sites for hydroxylation is 1. The van der Waals surface area contributed by atoms with Crippen molar-refractivity contribution in [3.8, 4) is 16.9 Å². The monoisotopic (exact) mass is 526 g/mol. The van der Waals surface area contributed by atoms with Crippen molar-refractivity contribution in [3.63, 3.8) is 0 Å². The molecule has 0 spiro atoms. The Hall–Kier alpha value is -5.19. The van der Waals surface area contributed by atoms with Gasteiger partial charge in [0, 0.05) is 31.5 Å². The van der Waals surface area contributed by atoms with Crippen LogP contribution in [0.1, 0.15) is 22.3 Å². The lowest BCUT2D eigenvalue weighted by atomic mass is 10.0. The van der Waals surface area contributed by atoms with Crippen LogP contribution in [0.2, 0.25) is 0 Å². The first-order valence-corrected chi connectivity index (χ1v) is 12.3. The van der Waals surface area contributed by atoms with Gasteiger partial charge in [0.25, 0.3) is 5.91 Å². The number of carbonyl (C=O) groups excluding carboxylic acids is 2. The van der Waals surface area contributed by atoms with E-state index >= 15 is 0 Å². The van der Waals surface area contributed by atoms with E-state index in [4.69, 9.17) is 4.74 Å². The van der Waals surface area contributed by atoms with Crippen molar-refractivity contribution in [3.05, 3.63) is 94.6 Å². The molecule has 11 nitrogen and oxygen atoms in total. The summed E-state index contributed by atoms with van der Waals surface area (Å²) < 4.78 is 7.15. The van der Waals surface area contributed by atoms with E-state index < -0.39 is 4.92 Å². The summed E-state index contributed by atoms with van der Waals surface area (Å²) in [6.45, 7) is 1.33. The van der Waals surface area contributed by atoms with E-state index in [1.54, 1.807) is 42.9 Å². The normalized spacial score (nSPS) is 11.9. The number of ether oxygens (including phenoxy) is 1. The van der Waals surface area contributed by atoms with Crippen molar-refractivity contribution >= 4 is 34.6 Å². The Labute approximate surface area is 224 Å². The Bertz CT molecular complexity index is 1550. The number of imidazole rings is 1. The van der Waals surface area contributed by atoms with Gasteiger partial charge in [-0.15, -0.1) is 0 Å². The van der Waals surface area contributed by atoms with Crippen LogP contribution in [-0.4, -0.2) is 39.9 Å². The predicted molar refractivity (Wildman–Crippen MR) is 146 cm³/mol. The molecule has 3 aromatic carbocycles. The zero-order valence-corrected chi connectivity index (χ0v) is 21.1. The zero-order valence-electron chi connectivity index (χ0n) is 21.1. The Kier molecular flexibility index (Phi) is 7.21. The predicted octanol–water partition coefficient (Wildman–Crippen LogP) is 4.53. The number of nitrogens with one attached hydrogen (secondary N) is 3. The summed E-state index contributed by atoms with van der Waals surface area (Å²) >= 11 is 0. The van der Waals surface area contributed by atoms with Crippen LogP contribution in [0.3, 0.4) is 0 Å². The van der Waals surface area contributed by atoms with Gasteiger partial charge in [-0.05, 0) is 59.5 Å². The summed E-state index contributed by atoms with van der Waals surface area (Å²) in [5, 5.41) is 20.4. The second-order valence-electron chi connectivity index (χ2n) is 9.04. The molecule has 1 aromatic heterocycles. The average molecular weight is 527 g/mol.